The van der Waals surface area contributed by atoms with Crippen molar-refractivity contribution >= 4 is 23.2 Å². The van der Waals surface area contributed by atoms with Gasteiger partial charge in [-0.2, -0.15) is 0 Å². The SMILES string of the molecule is CC1CCCCC1NC(=O)CNc1ccccc1Cl. The largest absolute Gasteiger partial charge is 0.375 e. The molecule has 1 fully saturated rings. The summed E-state index contributed by atoms with van der Waals surface area (Å²) in [6.07, 6.45) is 4.81. The fourth-order valence-electron chi connectivity index (χ4n) is 2.57. The lowest BCUT2D eigenvalue weighted by molar-refractivity contribution is -0.120. The summed E-state index contributed by atoms with van der Waals surface area (Å²) >= 11 is 6.03. The maximum Gasteiger partial charge on any atom is 0.239 e. The van der Waals surface area contributed by atoms with Crippen molar-refractivity contribution in [2.24, 2.45) is 5.92 Å². The van der Waals surface area contributed by atoms with Crippen molar-refractivity contribution in [1.82, 2.24) is 5.32 Å². The zero-order valence-electron chi connectivity index (χ0n) is 11.3. The minimum Gasteiger partial charge on any atom is -0.375 e. The molecule has 1 aliphatic rings. The Morgan fingerprint density at radius 2 is 2.05 bits per heavy atom. The van der Waals surface area contributed by atoms with Crippen LogP contribution in [0.25, 0.3) is 0 Å². The van der Waals surface area contributed by atoms with Crippen LogP contribution in [0.3, 0.4) is 0 Å². The van der Waals surface area contributed by atoms with Gasteiger partial charge < -0.3 is 10.6 Å². The number of nitrogens with one attached hydrogen (secondary N) is 2. The molecule has 1 amide bonds. The van der Waals surface area contributed by atoms with Gasteiger partial charge in [0.1, 0.15) is 0 Å². The van der Waals surface area contributed by atoms with E-state index >= 15 is 0 Å². The summed E-state index contributed by atoms with van der Waals surface area (Å²) in [5, 5.41) is 6.83. The van der Waals surface area contributed by atoms with Gasteiger partial charge in [-0.25, -0.2) is 0 Å². The summed E-state index contributed by atoms with van der Waals surface area (Å²) in [6.45, 7) is 2.48. The first-order valence-corrected chi connectivity index (χ1v) is 7.32. The Bertz CT molecular complexity index is 436. The van der Waals surface area contributed by atoms with E-state index < -0.39 is 0 Å². The van der Waals surface area contributed by atoms with Crippen molar-refractivity contribution in [3.05, 3.63) is 29.3 Å². The lowest BCUT2D eigenvalue weighted by Gasteiger charge is -2.29. The van der Waals surface area contributed by atoms with E-state index in [4.69, 9.17) is 11.6 Å². The molecule has 0 spiro atoms. The molecule has 104 valence electrons. The molecule has 0 saturated heterocycles. The lowest BCUT2D eigenvalue weighted by Crippen LogP contribution is -2.43. The lowest BCUT2D eigenvalue weighted by atomic mass is 9.86. The van der Waals surface area contributed by atoms with E-state index in [-0.39, 0.29) is 12.5 Å². The van der Waals surface area contributed by atoms with E-state index in [9.17, 15) is 4.79 Å². The van der Waals surface area contributed by atoms with E-state index in [1.807, 2.05) is 24.3 Å². The smallest absolute Gasteiger partial charge is 0.239 e. The highest BCUT2D eigenvalue weighted by Gasteiger charge is 2.22. The molecule has 0 heterocycles. The zero-order chi connectivity index (χ0) is 13.7. The number of amides is 1. The first-order chi connectivity index (χ1) is 9.16. The van der Waals surface area contributed by atoms with Crippen LogP contribution in [0.4, 0.5) is 5.69 Å². The molecule has 2 rings (SSSR count). The highest BCUT2D eigenvalue weighted by Crippen LogP contribution is 2.24. The van der Waals surface area contributed by atoms with E-state index in [0.717, 1.165) is 12.1 Å². The summed E-state index contributed by atoms with van der Waals surface area (Å²) in [6, 6.07) is 7.78. The average molecular weight is 281 g/mol. The molecule has 3 nitrogen and oxygen atoms in total. The van der Waals surface area contributed by atoms with Crippen LogP contribution in [0.15, 0.2) is 24.3 Å². The van der Waals surface area contributed by atoms with Gasteiger partial charge in [0.2, 0.25) is 5.91 Å². The van der Waals surface area contributed by atoms with Crippen LogP contribution in [-0.4, -0.2) is 18.5 Å². The van der Waals surface area contributed by atoms with Gasteiger partial charge in [-0.3, -0.25) is 4.79 Å². The predicted molar refractivity (Wildman–Crippen MR) is 79.5 cm³/mol. The fraction of sp³-hybridized carbons (Fsp3) is 0.533. The summed E-state index contributed by atoms with van der Waals surface area (Å²) in [4.78, 5) is 11.9. The average Bonchev–Trinajstić information content (AvgIpc) is 2.40. The van der Waals surface area contributed by atoms with Crippen molar-refractivity contribution < 1.29 is 4.79 Å². The van der Waals surface area contributed by atoms with Crippen molar-refractivity contribution in [3.63, 3.8) is 0 Å². The second kappa shape index (κ2) is 6.80. The minimum atomic E-state index is 0.0404. The Morgan fingerprint density at radius 1 is 1.32 bits per heavy atom. The minimum absolute atomic E-state index is 0.0404. The molecular formula is C15H21ClN2O. The van der Waals surface area contributed by atoms with E-state index in [1.165, 1.54) is 19.3 Å². The maximum atomic E-state index is 11.9. The first-order valence-electron chi connectivity index (χ1n) is 6.94. The summed E-state index contributed by atoms with van der Waals surface area (Å²) in [7, 11) is 0. The number of carbonyl (C=O) groups is 1. The van der Waals surface area contributed by atoms with E-state index in [2.05, 4.69) is 17.6 Å². The topological polar surface area (TPSA) is 41.1 Å². The summed E-state index contributed by atoms with van der Waals surface area (Å²) in [5.41, 5.74) is 0.802. The molecule has 0 aromatic heterocycles. The number of benzene rings is 1. The molecule has 1 saturated carbocycles. The van der Waals surface area contributed by atoms with Gasteiger partial charge in [-0.05, 0) is 30.9 Å². The third-order valence-corrected chi connectivity index (χ3v) is 4.10. The number of para-hydroxylation sites is 1. The van der Waals surface area contributed by atoms with E-state index in [1.54, 1.807) is 0 Å². The van der Waals surface area contributed by atoms with Crippen LogP contribution < -0.4 is 10.6 Å². The molecule has 4 heteroatoms. The van der Waals surface area contributed by atoms with Gasteiger partial charge in [0, 0.05) is 6.04 Å². The Hall–Kier alpha value is -1.22. The molecule has 0 aliphatic heterocycles. The van der Waals surface area contributed by atoms with E-state index in [0.29, 0.717) is 17.0 Å². The molecule has 1 aromatic rings. The second-order valence-corrected chi connectivity index (χ2v) is 5.68. The molecule has 19 heavy (non-hydrogen) atoms. The highest BCUT2D eigenvalue weighted by atomic mass is 35.5. The molecule has 1 aliphatic carbocycles. The Balaban J connectivity index is 1.80. The second-order valence-electron chi connectivity index (χ2n) is 5.27. The highest BCUT2D eigenvalue weighted by molar-refractivity contribution is 6.33. The molecule has 0 radical (unpaired) electrons. The zero-order valence-corrected chi connectivity index (χ0v) is 12.0. The van der Waals surface area contributed by atoms with Crippen LogP contribution >= 0.6 is 11.6 Å². The van der Waals surface area contributed by atoms with Crippen molar-refractivity contribution in [2.45, 2.75) is 38.6 Å². The fourth-order valence-corrected chi connectivity index (χ4v) is 2.77. The Labute approximate surface area is 119 Å². The number of carbonyl (C=O) groups excluding carboxylic acids is 1. The van der Waals surface area contributed by atoms with Gasteiger partial charge in [0.15, 0.2) is 0 Å². The molecule has 1 aromatic carbocycles. The molecule has 2 unspecified atom stereocenters. The van der Waals surface area contributed by atoms with Crippen LogP contribution in [0.1, 0.15) is 32.6 Å². The van der Waals surface area contributed by atoms with Gasteiger partial charge in [0.25, 0.3) is 0 Å². The van der Waals surface area contributed by atoms with Crippen molar-refractivity contribution in [2.75, 3.05) is 11.9 Å². The number of anilines is 1. The molecular weight excluding hydrogens is 260 g/mol. The number of halogens is 1. The molecule has 0 bridgehead atoms. The van der Waals surface area contributed by atoms with Crippen LogP contribution in [0.5, 0.6) is 0 Å². The van der Waals surface area contributed by atoms with Crippen LogP contribution in [-0.2, 0) is 4.79 Å². The summed E-state index contributed by atoms with van der Waals surface area (Å²) in [5.74, 6) is 0.622. The van der Waals surface area contributed by atoms with Crippen LogP contribution in [0.2, 0.25) is 5.02 Å². The quantitative estimate of drug-likeness (QED) is 0.887. The van der Waals surface area contributed by atoms with Crippen LogP contribution in [0, 0.1) is 5.92 Å². The molecule has 2 N–H and O–H groups in total. The van der Waals surface area contributed by atoms with Gasteiger partial charge in [-0.15, -0.1) is 0 Å². The normalized spacial score (nSPS) is 22.8. The number of rotatable bonds is 4. The summed E-state index contributed by atoms with van der Waals surface area (Å²) < 4.78 is 0. The third-order valence-electron chi connectivity index (χ3n) is 3.77. The standard InChI is InChI=1S/C15H21ClN2O/c1-11-6-2-4-8-13(11)18-15(19)10-17-14-9-5-3-7-12(14)16/h3,5,7,9,11,13,17H,2,4,6,8,10H2,1H3,(H,18,19). The first kappa shape index (κ1) is 14.2. The number of hydrogen-bond acceptors (Lipinski definition) is 2. The van der Waals surface area contributed by atoms with Gasteiger partial charge in [0.05, 0.1) is 17.3 Å². The third kappa shape index (κ3) is 4.13. The van der Waals surface area contributed by atoms with Crippen molar-refractivity contribution in [3.8, 4) is 0 Å². The maximum absolute atomic E-state index is 11.9. The number of hydrogen-bond donors (Lipinski definition) is 2. The van der Waals surface area contributed by atoms with Crippen molar-refractivity contribution in [1.29, 1.82) is 0 Å². The monoisotopic (exact) mass is 280 g/mol. The Morgan fingerprint density at radius 3 is 2.79 bits per heavy atom. The van der Waals surface area contributed by atoms with Gasteiger partial charge in [-0.1, -0.05) is 43.5 Å². The predicted octanol–water partition coefficient (Wildman–Crippen LogP) is 3.45. The molecule has 2 atom stereocenters. The Kier molecular flexibility index (Phi) is 5.08. The van der Waals surface area contributed by atoms with Gasteiger partial charge >= 0.3 is 0 Å².